The highest BCUT2D eigenvalue weighted by atomic mass is 35.5. The predicted octanol–water partition coefficient (Wildman–Crippen LogP) is 4.95. The van der Waals surface area contributed by atoms with Gasteiger partial charge in [0.1, 0.15) is 0 Å². The van der Waals surface area contributed by atoms with Crippen molar-refractivity contribution >= 4 is 50.3 Å². The summed E-state index contributed by atoms with van der Waals surface area (Å²) in [6.45, 7) is 6.18. The third-order valence-corrected chi connectivity index (χ3v) is 11.7. The zero-order valence-electron chi connectivity index (χ0n) is 26.3. The van der Waals surface area contributed by atoms with Crippen LogP contribution >= 0.6 is 11.6 Å². The van der Waals surface area contributed by atoms with Crippen LogP contribution < -0.4 is 4.72 Å². The average molecular weight is 661 g/mol. The van der Waals surface area contributed by atoms with Gasteiger partial charge in [0, 0.05) is 31.3 Å². The van der Waals surface area contributed by atoms with Crippen molar-refractivity contribution in [2.24, 2.45) is 17.3 Å². The normalized spacial score (nSPS) is 30.0. The molecule has 2 aromatic rings. The highest BCUT2D eigenvalue weighted by Crippen LogP contribution is 2.57. The molecule has 246 valence electrons. The van der Waals surface area contributed by atoms with E-state index in [1.54, 1.807) is 0 Å². The van der Waals surface area contributed by atoms with Crippen LogP contribution in [0, 0.1) is 17.3 Å². The SMILES string of the molecule is CC(C)n1c(Cl)nc2ccccc21.C[C@H]1CCCCC/C=C\[C@@H]2C[C@@]2(C(=O)NS(=O)(=O)C2CC2)CC(=O)[C@@H]2C[C@@H](O)CN2C1=O. The summed E-state index contributed by atoms with van der Waals surface area (Å²) in [5, 5.41) is 10.2. The van der Waals surface area contributed by atoms with Crippen LogP contribution in [0.1, 0.15) is 91.0 Å². The van der Waals surface area contributed by atoms with E-state index in [0.717, 1.165) is 43.1 Å². The van der Waals surface area contributed by atoms with Crippen molar-refractivity contribution in [2.45, 2.75) is 108 Å². The lowest BCUT2D eigenvalue weighted by Crippen LogP contribution is -2.46. The number of allylic oxidation sites excluding steroid dienone is 2. The van der Waals surface area contributed by atoms with Crippen molar-refractivity contribution in [3.63, 3.8) is 0 Å². The number of Topliss-reactive ketones (excluding diaryl/α,β-unsaturated/α-hetero) is 1. The predicted molar refractivity (Wildman–Crippen MR) is 173 cm³/mol. The fourth-order valence-corrected chi connectivity index (χ4v) is 8.44. The van der Waals surface area contributed by atoms with Gasteiger partial charge < -0.3 is 14.6 Å². The summed E-state index contributed by atoms with van der Waals surface area (Å²) in [5.41, 5.74) is 0.965. The number of ketones is 1. The van der Waals surface area contributed by atoms with Crippen LogP contribution in [0.15, 0.2) is 36.4 Å². The molecule has 2 aliphatic carbocycles. The highest BCUT2D eigenvalue weighted by Gasteiger charge is 2.61. The lowest BCUT2D eigenvalue weighted by atomic mass is 9.91. The first-order chi connectivity index (χ1) is 21.3. The molecule has 12 heteroatoms. The van der Waals surface area contributed by atoms with Gasteiger partial charge in [-0.3, -0.25) is 19.1 Å². The topological polar surface area (TPSA) is 139 Å². The van der Waals surface area contributed by atoms with E-state index in [1.807, 2.05) is 47.9 Å². The fourth-order valence-electron chi connectivity index (χ4n) is 6.68. The summed E-state index contributed by atoms with van der Waals surface area (Å²) >= 11 is 6.01. The minimum Gasteiger partial charge on any atom is -0.391 e. The smallest absolute Gasteiger partial charge is 0.240 e. The third kappa shape index (κ3) is 7.46. The zero-order valence-corrected chi connectivity index (χ0v) is 27.9. The second kappa shape index (κ2) is 13.5. The lowest BCUT2D eigenvalue weighted by molar-refractivity contribution is -0.141. The van der Waals surface area contributed by atoms with Crippen LogP contribution in [0.4, 0.5) is 0 Å². The number of imidazole rings is 1. The molecule has 0 spiro atoms. The van der Waals surface area contributed by atoms with E-state index in [2.05, 4.69) is 23.6 Å². The summed E-state index contributed by atoms with van der Waals surface area (Å²) in [6, 6.07) is 7.56. The van der Waals surface area contributed by atoms with Gasteiger partial charge in [0.25, 0.3) is 0 Å². The Hall–Kier alpha value is -2.76. The van der Waals surface area contributed by atoms with Crippen LogP contribution in [0.5, 0.6) is 0 Å². The summed E-state index contributed by atoms with van der Waals surface area (Å²) in [7, 11) is -3.71. The Labute approximate surface area is 270 Å². The van der Waals surface area contributed by atoms with Gasteiger partial charge in [-0.15, -0.1) is 0 Å². The number of nitrogens with one attached hydrogen (secondary N) is 1. The van der Waals surface area contributed by atoms with Crippen LogP contribution in [-0.4, -0.2) is 69.5 Å². The molecule has 2 N–H and O–H groups in total. The van der Waals surface area contributed by atoms with E-state index in [9.17, 15) is 27.9 Å². The Morgan fingerprint density at radius 2 is 1.87 bits per heavy atom. The van der Waals surface area contributed by atoms with Crippen LogP contribution in [0.2, 0.25) is 5.28 Å². The Morgan fingerprint density at radius 1 is 1.13 bits per heavy atom. The second-order valence-corrected chi connectivity index (χ2v) is 15.8. The van der Waals surface area contributed by atoms with Gasteiger partial charge in [0.15, 0.2) is 5.78 Å². The lowest BCUT2D eigenvalue weighted by Gasteiger charge is -2.27. The molecule has 2 aliphatic heterocycles. The maximum absolute atomic E-state index is 13.3. The number of hydrogen-bond acceptors (Lipinski definition) is 7. The van der Waals surface area contributed by atoms with Gasteiger partial charge in [0.05, 0.1) is 33.8 Å². The number of hydrogen-bond donors (Lipinski definition) is 2. The highest BCUT2D eigenvalue weighted by molar-refractivity contribution is 7.90. The van der Waals surface area contributed by atoms with E-state index < -0.39 is 38.7 Å². The van der Waals surface area contributed by atoms with Gasteiger partial charge in [-0.25, -0.2) is 13.4 Å². The molecule has 2 amide bonds. The first-order valence-corrected chi connectivity index (χ1v) is 18.1. The number of aliphatic hydroxyl groups excluding tert-OH is 1. The number of aromatic nitrogens is 2. The number of carbonyl (C=O) groups is 3. The van der Waals surface area contributed by atoms with Crippen LogP contribution in [0.25, 0.3) is 11.0 Å². The van der Waals surface area contributed by atoms with Crippen molar-refractivity contribution in [3.8, 4) is 0 Å². The van der Waals surface area contributed by atoms with E-state index in [1.165, 1.54) is 4.90 Å². The van der Waals surface area contributed by atoms with E-state index >= 15 is 0 Å². The van der Waals surface area contributed by atoms with Crippen molar-refractivity contribution in [2.75, 3.05) is 6.54 Å². The molecule has 2 saturated carbocycles. The monoisotopic (exact) mass is 660 g/mol. The van der Waals surface area contributed by atoms with E-state index in [0.29, 0.717) is 30.6 Å². The minimum absolute atomic E-state index is 0.121. The summed E-state index contributed by atoms with van der Waals surface area (Å²) in [4.78, 5) is 45.2. The molecule has 10 nitrogen and oxygen atoms in total. The molecule has 4 aliphatic rings. The first kappa shape index (κ1) is 33.6. The second-order valence-electron chi connectivity index (χ2n) is 13.5. The molecular formula is C33H45ClN4O6S. The number of sulfonamides is 1. The van der Waals surface area contributed by atoms with E-state index in [-0.39, 0.29) is 42.9 Å². The van der Waals surface area contributed by atoms with Crippen LogP contribution in [-0.2, 0) is 24.4 Å². The number of nitrogens with zero attached hydrogens (tertiary/aromatic N) is 3. The molecule has 1 aromatic heterocycles. The van der Waals surface area contributed by atoms with Crippen molar-refractivity contribution < 1.29 is 27.9 Å². The Morgan fingerprint density at radius 3 is 2.58 bits per heavy atom. The molecule has 3 fully saturated rings. The number of halogens is 1. The zero-order chi connectivity index (χ0) is 32.5. The third-order valence-electron chi connectivity index (χ3n) is 9.57. The van der Waals surface area contributed by atoms with Gasteiger partial charge in [0.2, 0.25) is 27.1 Å². The van der Waals surface area contributed by atoms with Crippen molar-refractivity contribution in [1.29, 1.82) is 0 Å². The number of carbonyl (C=O) groups excluding carboxylic acids is 3. The largest absolute Gasteiger partial charge is 0.391 e. The van der Waals surface area contributed by atoms with Gasteiger partial charge in [-0.05, 0) is 82.0 Å². The minimum atomic E-state index is -3.71. The quantitative estimate of drug-likeness (QED) is 0.443. The number of para-hydroxylation sites is 2. The number of rotatable bonds is 4. The van der Waals surface area contributed by atoms with Gasteiger partial charge in [-0.2, -0.15) is 0 Å². The summed E-state index contributed by atoms with van der Waals surface area (Å²) in [5.74, 6) is -1.44. The molecule has 5 atom stereocenters. The van der Waals surface area contributed by atoms with Crippen LogP contribution in [0.3, 0.4) is 0 Å². The average Bonchev–Trinajstić information content (AvgIpc) is 3.88. The summed E-state index contributed by atoms with van der Waals surface area (Å²) in [6.07, 6.45) is 9.24. The number of fused-ring (bicyclic) bond motifs is 3. The number of benzene rings is 1. The van der Waals surface area contributed by atoms with Crippen molar-refractivity contribution in [3.05, 3.63) is 41.7 Å². The van der Waals surface area contributed by atoms with Crippen molar-refractivity contribution in [1.82, 2.24) is 19.2 Å². The fraction of sp³-hybridized carbons (Fsp3) is 0.636. The molecule has 0 bridgehead atoms. The Balaban J connectivity index is 0.000000256. The molecule has 1 saturated heterocycles. The molecule has 3 heterocycles. The molecular weight excluding hydrogens is 616 g/mol. The van der Waals surface area contributed by atoms with E-state index in [4.69, 9.17) is 11.6 Å². The number of aliphatic hydroxyl groups is 1. The standard InChI is InChI=1S/C23H34N2O6S.C10H11ClN2/c1-15-7-5-3-2-4-6-8-16-12-23(16,22(29)24-32(30,31)18-9-10-18)13-20(27)19-11-17(26)14-25(19)21(15)28;1-7(2)13-9-6-4-3-5-8(9)12-10(13)11/h6,8,15-19,26H,2-5,7,9-14H2,1H3,(H,24,29);3-7H,1-2H3/b8-6-;/t15-,16+,17+,19-,23+;/m0./s1. The first-order valence-electron chi connectivity index (χ1n) is 16.2. The van der Waals surface area contributed by atoms with Gasteiger partial charge in [-0.1, -0.05) is 44.1 Å². The maximum atomic E-state index is 13.3. The molecule has 0 unspecified atom stereocenters. The maximum Gasteiger partial charge on any atom is 0.240 e. The summed E-state index contributed by atoms with van der Waals surface area (Å²) < 4.78 is 29.0. The Bertz CT molecular complexity index is 1570. The molecule has 45 heavy (non-hydrogen) atoms. The molecule has 6 rings (SSSR count). The Kier molecular flexibility index (Phi) is 10.1. The molecule has 1 aromatic carbocycles. The number of amides is 2. The van der Waals surface area contributed by atoms with Gasteiger partial charge >= 0.3 is 0 Å². The molecule has 0 radical (unpaired) electrons.